The van der Waals surface area contributed by atoms with E-state index in [0.29, 0.717) is 17.0 Å². The van der Waals surface area contributed by atoms with Gasteiger partial charge in [-0.2, -0.15) is 13.2 Å². The molecule has 0 aliphatic carbocycles. The standard InChI is InChI=1S/C17H19F6N5O/c1-26-10(4-9-5-12(19)13(20)7-11(9)18)6-15(29)27-2-3-28(14(24)8-27)16(25)17(21,22)23/h5,7,10,24-26H,2-4,6,8H2,1H3. The van der Waals surface area contributed by atoms with Crippen molar-refractivity contribution < 1.29 is 31.1 Å². The first kappa shape index (κ1) is 22.7. The first-order valence-electron chi connectivity index (χ1n) is 8.53. The predicted molar refractivity (Wildman–Crippen MR) is 92.3 cm³/mol. The molecule has 0 bridgehead atoms. The molecule has 29 heavy (non-hydrogen) atoms. The zero-order valence-corrected chi connectivity index (χ0v) is 15.3. The smallest absolute Gasteiger partial charge is 0.333 e. The number of hydrogen-bond acceptors (Lipinski definition) is 4. The maximum Gasteiger partial charge on any atom is 0.449 e. The summed E-state index contributed by atoms with van der Waals surface area (Å²) in [6.07, 6.45) is -5.22. The van der Waals surface area contributed by atoms with Crippen LogP contribution in [-0.2, 0) is 11.2 Å². The van der Waals surface area contributed by atoms with Crippen LogP contribution < -0.4 is 5.32 Å². The predicted octanol–water partition coefficient (Wildman–Crippen LogP) is 2.29. The van der Waals surface area contributed by atoms with E-state index in [0.717, 1.165) is 4.90 Å². The minimum absolute atomic E-state index is 0.124. The van der Waals surface area contributed by atoms with Crippen molar-refractivity contribution in [1.29, 1.82) is 10.8 Å². The van der Waals surface area contributed by atoms with Crippen molar-refractivity contribution in [2.45, 2.75) is 25.1 Å². The average molecular weight is 423 g/mol. The molecule has 0 aromatic heterocycles. The van der Waals surface area contributed by atoms with E-state index in [4.69, 9.17) is 10.8 Å². The van der Waals surface area contributed by atoms with E-state index < -0.39 is 53.8 Å². The quantitative estimate of drug-likeness (QED) is 0.294. The lowest BCUT2D eigenvalue weighted by molar-refractivity contribution is -0.131. The lowest BCUT2D eigenvalue weighted by Gasteiger charge is -2.37. The van der Waals surface area contributed by atoms with Gasteiger partial charge in [0.15, 0.2) is 11.6 Å². The lowest BCUT2D eigenvalue weighted by atomic mass is 10.0. The van der Waals surface area contributed by atoms with E-state index in [1.54, 1.807) is 0 Å². The highest BCUT2D eigenvalue weighted by atomic mass is 19.4. The van der Waals surface area contributed by atoms with Gasteiger partial charge >= 0.3 is 6.18 Å². The summed E-state index contributed by atoms with van der Waals surface area (Å²) in [6, 6.07) is 0.467. The molecule has 0 spiro atoms. The summed E-state index contributed by atoms with van der Waals surface area (Å²) in [5, 5.41) is 17.6. The van der Waals surface area contributed by atoms with Crippen molar-refractivity contribution in [2.75, 3.05) is 26.7 Å². The van der Waals surface area contributed by atoms with Gasteiger partial charge in [-0.1, -0.05) is 0 Å². The molecule has 0 saturated carbocycles. The molecule has 1 heterocycles. The van der Waals surface area contributed by atoms with E-state index in [-0.39, 0.29) is 31.5 Å². The number of rotatable bonds is 5. The molecule has 1 atom stereocenters. The van der Waals surface area contributed by atoms with E-state index >= 15 is 0 Å². The van der Waals surface area contributed by atoms with Crippen LogP contribution in [0, 0.1) is 28.3 Å². The molecule has 1 aliphatic heterocycles. The highest BCUT2D eigenvalue weighted by molar-refractivity contribution is 6.02. The molecule has 160 valence electrons. The summed E-state index contributed by atoms with van der Waals surface area (Å²) in [5.41, 5.74) is -0.132. The molecule has 1 aliphatic rings. The van der Waals surface area contributed by atoms with Crippen molar-refractivity contribution in [3.8, 4) is 0 Å². The van der Waals surface area contributed by atoms with Crippen LogP contribution in [0.1, 0.15) is 12.0 Å². The Kier molecular flexibility index (Phi) is 6.88. The zero-order chi connectivity index (χ0) is 21.9. The number of amidine groups is 2. The fourth-order valence-corrected chi connectivity index (χ4v) is 2.92. The summed E-state index contributed by atoms with van der Waals surface area (Å²) in [5.74, 6) is -6.23. The molecule has 1 unspecified atom stereocenters. The molecule has 0 radical (unpaired) electrons. The maximum absolute atomic E-state index is 13.8. The van der Waals surface area contributed by atoms with Crippen molar-refractivity contribution >= 4 is 17.6 Å². The topological polar surface area (TPSA) is 83.3 Å². The molecule has 2 rings (SSSR count). The van der Waals surface area contributed by atoms with Gasteiger partial charge in [0, 0.05) is 31.6 Å². The van der Waals surface area contributed by atoms with E-state index in [1.165, 1.54) is 7.05 Å². The number of piperazine rings is 1. The minimum atomic E-state index is -4.90. The Morgan fingerprint density at radius 1 is 1.17 bits per heavy atom. The van der Waals surface area contributed by atoms with Gasteiger partial charge < -0.3 is 15.1 Å². The average Bonchev–Trinajstić information content (AvgIpc) is 2.63. The largest absolute Gasteiger partial charge is 0.449 e. The number of benzene rings is 1. The third-order valence-electron chi connectivity index (χ3n) is 4.54. The highest BCUT2D eigenvalue weighted by Crippen LogP contribution is 2.21. The van der Waals surface area contributed by atoms with E-state index in [9.17, 15) is 31.1 Å². The highest BCUT2D eigenvalue weighted by Gasteiger charge is 2.41. The number of nitrogens with one attached hydrogen (secondary N) is 3. The second kappa shape index (κ2) is 8.80. The second-order valence-corrected chi connectivity index (χ2v) is 6.51. The zero-order valence-electron chi connectivity index (χ0n) is 15.3. The van der Waals surface area contributed by atoms with Crippen LogP contribution in [0.4, 0.5) is 26.3 Å². The molecule has 1 amide bonds. The Hall–Kier alpha value is -2.63. The minimum Gasteiger partial charge on any atom is -0.333 e. The molecule has 1 aromatic carbocycles. The van der Waals surface area contributed by atoms with Crippen molar-refractivity contribution in [2.24, 2.45) is 0 Å². The Balaban J connectivity index is 2.00. The van der Waals surface area contributed by atoms with Gasteiger partial charge in [0.2, 0.25) is 11.7 Å². The summed E-state index contributed by atoms with van der Waals surface area (Å²) in [4.78, 5) is 14.1. The fraction of sp³-hybridized carbons (Fsp3) is 0.471. The number of nitrogens with zero attached hydrogens (tertiary/aromatic N) is 2. The molecule has 1 saturated heterocycles. The van der Waals surface area contributed by atoms with Gasteiger partial charge in [0.1, 0.15) is 11.7 Å². The number of hydrogen-bond donors (Lipinski definition) is 3. The summed E-state index contributed by atoms with van der Waals surface area (Å²) >= 11 is 0. The van der Waals surface area contributed by atoms with Crippen LogP contribution in [0.3, 0.4) is 0 Å². The Labute approximate surface area is 162 Å². The normalized spacial score (nSPS) is 16.2. The summed E-state index contributed by atoms with van der Waals surface area (Å²) < 4.78 is 78.1. The molecule has 6 nitrogen and oxygen atoms in total. The molecule has 1 fully saturated rings. The second-order valence-electron chi connectivity index (χ2n) is 6.51. The van der Waals surface area contributed by atoms with Crippen molar-refractivity contribution in [3.05, 3.63) is 35.1 Å². The van der Waals surface area contributed by atoms with Gasteiger partial charge in [-0.25, -0.2) is 13.2 Å². The van der Waals surface area contributed by atoms with Crippen molar-refractivity contribution in [1.82, 2.24) is 15.1 Å². The summed E-state index contributed by atoms with van der Waals surface area (Å²) in [6.45, 7) is -0.895. The molecule has 3 N–H and O–H groups in total. The number of alkyl halides is 3. The molecular weight excluding hydrogens is 404 g/mol. The SMILES string of the molecule is CNC(CC(=O)N1CCN(C(=N)C(F)(F)F)C(=N)C1)Cc1cc(F)c(F)cc1F. The summed E-state index contributed by atoms with van der Waals surface area (Å²) in [7, 11) is 1.49. The van der Waals surface area contributed by atoms with Crippen molar-refractivity contribution in [3.63, 3.8) is 0 Å². The van der Waals surface area contributed by atoms with Gasteiger partial charge in [-0.3, -0.25) is 15.6 Å². The Bertz CT molecular complexity index is 812. The Morgan fingerprint density at radius 2 is 1.79 bits per heavy atom. The lowest BCUT2D eigenvalue weighted by Crippen LogP contribution is -2.56. The van der Waals surface area contributed by atoms with Gasteiger partial charge in [-0.15, -0.1) is 0 Å². The number of amides is 1. The fourth-order valence-electron chi connectivity index (χ4n) is 2.92. The molecule has 12 heteroatoms. The van der Waals surface area contributed by atoms with Crippen LogP contribution in [0.2, 0.25) is 0 Å². The molecule has 1 aromatic rings. The van der Waals surface area contributed by atoms with Gasteiger partial charge in [0.25, 0.3) is 0 Å². The molecular formula is C17H19F6N5O. The number of halogens is 6. The van der Waals surface area contributed by atoms with Crippen LogP contribution in [0.15, 0.2) is 12.1 Å². The third kappa shape index (κ3) is 5.46. The van der Waals surface area contributed by atoms with Crippen LogP contribution in [0.5, 0.6) is 0 Å². The first-order valence-corrected chi connectivity index (χ1v) is 8.53. The van der Waals surface area contributed by atoms with E-state index in [1.807, 2.05) is 0 Å². The number of likely N-dealkylation sites (N-methyl/N-ethyl adjacent to an activating group) is 1. The number of carbonyl (C=O) groups is 1. The third-order valence-corrected chi connectivity index (χ3v) is 4.54. The monoisotopic (exact) mass is 423 g/mol. The van der Waals surface area contributed by atoms with Gasteiger partial charge in [0.05, 0.1) is 6.54 Å². The van der Waals surface area contributed by atoms with E-state index in [2.05, 4.69) is 5.32 Å². The van der Waals surface area contributed by atoms with Crippen LogP contribution in [-0.4, -0.2) is 66.3 Å². The maximum atomic E-state index is 13.8. The van der Waals surface area contributed by atoms with Crippen LogP contribution >= 0.6 is 0 Å². The van der Waals surface area contributed by atoms with Crippen LogP contribution in [0.25, 0.3) is 0 Å². The number of carbonyl (C=O) groups excluding carboxylic acids is 1. The van der Waals surface area contributed by atoms with Gasteiger partial charge in [-0.05, 0) is 25.1 Å². The Morgan fingerprint density at radius 3 is 2.34 bits per heavy atom. The first-order chi connectivity index (χ1) is 13.4.